The number of carbonyl (C=O) groups is 1. The highest BCUT2D eigenvalue weighted by atomic mass is 16.2. The smallest absolute Gasteiger partial charge is 0.239 e. The predicted octanol–water partition coefficient (Wildman–Crippen LogP) is 0.668. The lowest BCUT2D eigenvalue weighted by atomic mass is 9.79. The average Bonchev–Trinajstić information content (AvgIpc) is 2.30. The van der Waals surface area contributed by atoms with Gasteiger partial charge in [-0.3, -0.25) is 4.79 Å². The van der Waals surface area contributed by atoms with Crippen molar-refractivity contribution in [1.29, 1.82) is 0 Å². The van der Waals surface area contributed by atoms with E-state index in [0.717, 1.165) is 39.0 Å². The Morgan fingerprint density at radius 1 is 1.35 bits per heavy atom. The normalized spacial score (nSPS) is 30.6. The van der Waals surface area contributed by atoms with Gasteiger partial charge in [-0.25, -0.2) is 0 Å². The van der Waals surface area contributed by atoms with Gasteiger partial charge in [-0.1, -0.05) is 6.92 Å². The zero-order chi connectivity index (χ0) is 12.5. The van der Waals surface area contributed by atoms with E-state index in [1.165, 1.54) is 12.8 Å². The van der Waals surface area contributed by atoms with Crippen molar-refractivity contribution in [1.82, 2.24) is 9.80 Å². The number of amides is 1. The summed E-state index contributed by atoms with van der Waals surface area (Å²) in [5, 5.41) is 0. The molecule has 0 aromatic carbocycles. The van der Waals surface area contributed by atoms with Crippen LogP contribution >= 0.6 is 0 Å². The Kier molecular flexibility index (Phi) is 3.73. The molecule has 0 aromatic rings. The monoisotopic (exact) mass is 239 g/mol. The van der Waals surface area contributed by atoms with Gasteiger partial charge in [0.1, 0.15) is 0 Å². The molecule has 2 fully saturated rings. The van der Waals surface area contributed by atoms with Gasteiger partial charge < -0.3 is 15.5 Å². The molecular formula is C13H25N3O. The van der Waals surface area contributed by atoms with Crippen LogP contribution in [-0.2, 0) is 4.79 Å². The van der Waals surface area contributed by atoms with Crippen molar-refractivity contribution < 1.29 is 4.79 Å². The van der Waals surface area contributed by atoms with Crippen molar-refractivity contribution in [2.24, 2.45) is 11.1 Å². The van der Waals surface area contributed by atoms with E-state index in [-0.39, 0.29) is 11.9 Å². The molecule has 17 heavy (non-hydrogen) atoms. The summed E-state index contributed by atoms with van der Waals surface area (Å²) in [4.78, 5) is 16.4. The van der Waals surface area contributed by atoms with Gasteiger partial charge in [0.25, 0.3) is 0 Å². The Morgan fingerprint density at radius 2 is 2.00 bits per heavy atom. The topological polar surface area (TPSA) is 49.6 Å². The molecular weight excluding hydrogens is 214 g/mol. The van der Waals surface area contributed by atoms with E-state index in [1.807, 2.05) is 4.90 Å². The molecule has 2 N–H and O–H groups in total. The highest BCUT2D eigenvalue weighted by Gasteiger charge is 2.34. The van der Waals surface area contributed by atoms with Crippen LogP contribution in [0.4, 0.5) is 0 Å². The summed E-state index contributed by atoms with van der Waals surface area (Å²) in [5.74, 6) is 0.163. The van der Waals surface area contributed by atoms with Crippen molar-refractivity contribution in [3.05, 3.63) is 0 Å². The molecule has 0 spiro atoms. The van der Waals surface area contributed by atoms with E-state index in [2.05, 4.69) is 18.9 Å². The molecule has 2 saturated heterocycles. The number of rotatable bonds is 2. The number of nitrogens with zero attached hydrogens (tertiary/aromatic N) is 2. The summed E-state index contributed by atoms with van der Waals surface area (Å²) in [6.45, 7) is 6.40. The SMILES string of the molecule is CN1CCC(C)(CN2CCCC(N)C2=O)CC1. The van der Waals surface area contributed by atoms with Gasteiger partial charge in [0.2, 0.25) is 5.91 Å². The molecule has 4 nitrogen and oxygen atoms in total. The Hall–Kier alpha value is -0.610. The van der Waals surface area contributed by atoms with Crippen molar-refractivity contribution in [3.8, 4) is 0 Å². The van der Waals surface area contributed by atoms with E-state index >= 15 is 0 Å². The fourth-order valence-electron chi connectivity index (χ4n) is 2.90. The molecule has 1 unspecified atom stereocenters. The van der Waals surface area contributed by atoms with Gasteiger partial charge in [-0.15, -0.1) is 0 Å². The third-order valence-corrected chi connectivity index (χ3v) is 4.34. The quantitative estimate of drug-likeness (QED) is 0.770. The molecule has 0 bridgehead atoms. The molecule has 0 radical (unpaired) electrons. The molecule has 2 rings (SSSR count). The Morgan fingerprint density at radius 3 is 2.65 bits per heavy atom. The zero-order valence-corrected chi connectivity index (χ0v) is 11.1. The molecule has 1 amide bonds. The zero-order valence-electron chi connectivity index (χ0n) is 11.1. The predicted molar refractivity (Wildman–Crippen MR) is 68.6 cm³/mol. The van der Waals surface area contributed by atoms with Gasteiger partial charge in [0.15, 0.2) is 0 Å². The lowest BCUT2D eigenvalue weighted by Gasteiger charge is -2.42. The van der Waals surface area contributed by atoms with Crippen LogP contribution in [0.1, 0.15) is 32.6 Å². The van der Waals surface area contributed by atoms with Crippen LogP contribution in [0.5, 0.6) is 0 Å². The number of piperidine rings is 2. The lowest BCUT2D eigenvalue weighted by molar-refractivity contribution is -0.137. The second-order valence-electron chi connectivity index (χ2n) is 6.12. The third-order valence-electron chi connectivity index (χ3n) is 4.34. The molecule has 0 saturated carbocycles. The second kappa shape index (κ2) is 4.94. The molecule has 0 aromatic heterocycles. The Bertz CT molecular complexity index is 284. The van der Waals surface area contributed by atoms with E-state index in [4.69, 9.17) is 5.73 Å². The van der Waals surface area contributed by atoms with Gasteiger partial charge in [0.05, 0.1) is 6.04 Å². The fraction of sp³-hybridized carbons (Fsp3) is 0.923. The highest BCUT2D eigenvalue weighted by molar-refractivity contribution is 5.82. The first-order chi connectivity index (χ1) is 8.00. The summed E-state index contributed by atoms with van der Waals surface area (Å²) in [7, 11) is 2.17. The number of carbonyl (C=O) groups excluding carboxylic acids is 1. The van der Waals surface area contributed by atoms with Crippen LogP contribution in [0.3, 0.4) is 0 Å². The van der Waals surface area contributed by atoms with Crippen molar-refractivity contribution >= 4 is 5.91 Å². The summed E-state index contributed by atoms with van der Waals surface area (Å²) in [5.41, 5.74) is 6.13. The molecule has 98 valence electrons. The standard InChI is InChI=1S/C13H25N3O/c1-13(5-8-15(2)9-6-13)10-16-7-3-4-11(14)12(16)17/h11H,3-10,14H2,1-2H3. The van der Waals surface area contributed by atoms with Gasteiger partial charge >= 0.3 is 0 Å². The maximum absolute atomic E-state index is 12.0. The molecule has 4 heteroatoms. The molecule has 1 atom stereocenters. The van der Waals surface area contributed by atoms with E-state index < -0.39 is 0 Å². The maximum atomic E-state index is 12.0. The number of hydrogen-bond donors (Lipinski definition) is 1. The first-order valence-electron chi connectivity index (χ1n) is 6.73. The number of likely N-dealkylation sites (tertiary alicyclic amines) is 2. The lowest BCUT2D eigenvalue weighted by Crippen LogP contribution is -2.53. The Labute approximate surface area is 104 Å². The van der Waals surface area contributed by atoms with E-state index in [0.29, 0.717) is 5.41 Å². The Balaban J connectivity index is 1.93. The minimum Gasteiger partial charge on any atom is -0.341 e. The summed E-state index contributed by atoms with van der Waals surface area (Å²) >= 11 is 0. The molecule has 2 aliphatic rings. The summed E-state index contributed by atoms with van der Waals surface area (Å²) in [6.07, 6.45) is 4.28. The minimum absolute atomic E-state index is 0.163. The summed E-state index contributed by atoms with van der Waals surface area (Å²) in [6, 6.07) is -0.251. The van der Waals surface area contributed by atoms with Crippen LogP contribution < -0.4 is 5.73 Å². The average molecular weight is 239 g/mol. The van der Waals surface area contributed by atoms with Crippen molar-refractivity contribution in [2.45, 2.75) is 38.6 Å². The second-order valence-corrected chi connectivity index (χ2v) is 6.12. The highest BCUT2D eigenvalue weighted by Crippen LogP contribution is 2.32. The van der Waals surface area contributed by atoms with Crippen molar-refractivity contribution in [2.75, 3.05) is 33.2 Å². The van der Waals surface area contributed by atoms with E-state index in [1.54, 1.807) is 0 Å². The first kappa shape index (κ1) is 12.8. The number of hydrogen-bond acceptors (Lipinski definition) is 3. The summed E-state index contributed by atoms with van der Waals surface area (Å²) < 4.78 is 0. The molecule has 0 aliphatic carbocycles. The van der Waals surface area contributed by atoms with Crippen LogP contribution in [0.15, 0.2) is 0 Å². The van der Waals surface area contributed by atoms with Crippen LogP contribution in [-0.4, -0.2) is 55.0 Å². The number of nitrogens with two attached hydrogens (primary N) is 1. The maximum Gasteiger partial charge on any atom is 0.239 e. The minimum atomic E-state index is -0.251. The fourth-order valence-corrected chi connectivity index (χ4v) is 2.90. The molecule has 2 aliphatic heterocycles. The van der Waals surface area contributed by atoms with Gasteiger partial charge in [-0.05, 0) is 51.2 Å². The largest absolute Gasteiger partial charge is 0.341 e. The van der Waals surface area contributed by atoms with Crippen LogP contribution in [0.2, 0.25) is 0 Å². The van der Waals surface area contributed by atoms with Crippen LogP contribution in [0.25, 0.3) is 0 Å². The van der Waals surface area contributed by atoms with Gasteiger partial charge in [-0.2, -0.15) is 0 Å². The van der Waals surface area contributed by atoms with Gasteiger partial charge in [0, 0.05) is 13.1 Å². The first-order valence-corrected chi connectivity index (χ1v) is 6.73. The van der Waals surface area contributed by atoms with Crippen LogP contribution in [0, 0.1) is 5.41 Å². The molecule has 2 heterocycles. The van der Waals surface area contributed by atoms with E-state index in [9.17, 15) is 4.79 Å². The van der Waals surface area contributed by atoms with Crippen molar-refractivity contribution in [3.63, 3.8) is 0 Å². The third kappa shape index (κ3) is 2.99.